The molecule has 2 rings (SSSR count). The first kappa shape index (κ1) is 15.4. The van der Waals surface area contributed by atoms with Crippen molar-refractivity contribution in [2.45, 2.75) is 19.3 Å². The lowest BCUT2D eigenvalue weighted by Crippen LogP contribution is -2.36. The highest BCUT2D eigenvalue weighted by molar-refractivity contribution is 7.10. The molecule has 0 saturated carbocycles. The Hall–Kier alpha value is -2.01. The number of ether oxygens (including phenoxy) is 1. The van der Waals surface area contributed by atoms with Crippen molar-refractivity contribution in [2.75, 3.05) is 19.4 Å². The van der Waals surface area contributed by atoms with E-state index in [4.69, 9.17) is 10.5 Å². The average Bonchev–Trinajstić information content (AvgIpc) is 3.00. The molecule has 5 heteroatoms. The van der Waals surface area contributed by atoms with E-state index < -0.39 is 0 Å². The number of benzene rings is 1. The van der Waals surface area contributed by atoms with Gasteiger partial charge in [-0.15, -0.1) is 11.3 Å². The number of anilines is 1. The summed E-state index contributed by atoms with van der Waals surface area (Å²) in [6, 6.07) is 9.15. The number of carbonyl (C=O) groups is 1. The lowest BCUT2D eigenvalue weighted by atomic mass is 9.91. The van der Waals surface area contributed by atoms with Gasteiger partial charge in [0.15, 0.2) is 0 Å². The Morgan fingerprint density at radius 2 is 2.14 bits per heavy atom. The molecule has 2 aromatic rings. The van der Waals surface area contributed by atoms with Crippen molar-refractivity contribution in [1.29, 1.82) is 0 Å². The number of hydrogen-bond donors (Lipinski definition) is 2. The van der Waals surface area contributed by atoms with E-state index in [1.165, 1.54) is 12.0 Å². The van der Waals surface area contributed by atoms with Crippen molar-refractivity contribution in [3.8, 4) is 5.75 Å². The topological polar surface area (TPSA) is 64.3 Å². The molecule has 0 bridgehead atoms. The summed E-state index contributed by atoms with van der Waals surface area (Å²) < 4.78 is 5.21. The molecule has 0 spiro atoms. The van der Waals surface area contributed by atoms with Crippen LogP contribution in [0.4, 0.5) is 5.69 Å². The lowest BCUT2D eigenvalue weighted by Gasteiger charge is -2.24. The van der Waals surface area contributed by atoms with Crippen LogP contribution in [0.3, 0.4) is 0 Å². The van der Waals surface area contributed by atoms with Crippen LogP contribution < -0.4 is 15.8 Å². The van der Waals surface area contributed by atoms with Gasteiger partial charge in [-0.2, -0.15) is 0 Å². The van der Waals surface area contributed by atoms with Crippen molar-refractivity contribution in [3.63, 3.8) is 0 Å². The van der Waals surface area contributed by atoms with E-state index in [-0.39, 0.29) is 11.3 Å². The highest BCUT2D eigenvalue weighted by Crippen LogP contribution is 2.27. The van der Waals surface area contributed by atoms with E-state index in [1.54, 1.807) is 29.5 Å². The predicted molar refractivity (Wildman–Crippen MR) is 87.1 cm³/mol. The minimum absolute atomic E-state index is 0.114. The van der Waals surface area contributed by atoms with Gasteiger partial charge in [0, 0.05) is 22.5 Å². The molecule has 1 aromatic carbocycles. The van der Waals surface area contributed by atoms with Gasteiger partial charge >= 0.3 is 0 Å². The number of thiophene rings is 1. The molecule has 21 heavy (non-hydrogen) atoms. The van der Waals surface area contributed by atoms with E-state index in [1.807, 2.05) is 11.4 Å². The van der Waals surface area contributed by atoms with E-state index >= 15 is 0 Å². The third kappa shape index (κ3) is 3.55. The standard InChI is InChI=1S/C16H20N2O2S/c1-16(2,14-5-4-8-21-14)10-18-15(19)12-9-11(17)6-7-13(12)20-3/h4-9H,10,17H2,1-3H3,(H,18,19). The van der Waals surface area contributed by atoms with E-state index in [2.05, 4.69) is 25.2 Å². The highest BCUT2D eigenvalue weighted by atomic mass is 32.1. The zero-order valence-corrected chi connectivity index (χ0v) is 13.3. The van der Waals surface area contributed by atoms with Crippen LogP contribution in [0.1, 0.15) is 29.1 Å². The van der Waals surface area contributed by atoms with Gasteiger partial charge in [0.05, 0.1) is 12.7 Å². The molecule has 0 aliphatic rings. The van der Waals surface area contributed by atoms with Crippen molar-refractivity contribution in [1.82, 2.24) is 5.32 Å². The fourth-order valence-electron chi connectivity index (χ4n) is 2.05. The fraction of sp³-hybridized carbons (Fsp3) is 0.312. The van der Waals surface area contributed by atoms with Gasteiger partial charge in [-0.25, -0.2) is 0 Å². The number of hydrogen-bond acceptors (Lipinski definition) is 4. The maximum Gasteiger partial charge on any atom is 0.255 e. The summed E-state index contributed by atoms with van der Waals surface area (Å²) in [4.78, 5) is 13.6. The van der Waals surface area contributed by atoms with Crippen LogP contribution >= 0.6 is 11.3 Å². The van der Waals surface area contributed by atoms with Gasteiger partial charge in [-0.3, -0.25) is 4.79 Å². The van der Waals surface area contributed by atoms with Crippen molar-refractivity contribution in [3.05, 3.63) is 46.2 Å². The Labute approximate surface area is 128 Å². The van der Waals surface area contributed by atoms with Crippen LogP contribution in [0.5, 0.6) is 5.75 Å². The average molecular weight is 304 g/mol. The molecule has 0 saturated heterocycles. The summed E-state index contributed by atoms with van der Waals surface area (Å²) in [7, 11) is 1.54. The summed E-state index contributed by atoms with van der Waals surface area (Å²) >= 11 is 1.69. The second-order valence-corrected chi connectivity index (χ2v) is 6.45. The third-order valence-corrected chi connectivity index (χ3v) is 4.58. The first-order valence-electron chi connectivity index (χ1n) is 6.70. The van der Waals surface area contributed by atoms with Crippen LogP contribution in [-0.2, 0) is 5.41 Å². The molecule has 3 N–H and O–H groups in total. The van der Waals surface area contributed by atoms with Crippen LogP contribution in [-0.4, -0.2) is 19.6 Å². The maximum absolute atomic E-state index is 12.3. The molecule has 1 heterocycles. The second-order valence-electron chi connectivity index (χ2n) is 5.50. The minimum Gasteiger partial charge on any atom is -0.496 e. The number of nitrogen functional groups attached to an aromatic ring is 1. The Morgan fingerprint density at radius 3 is 2.76 bits per heavy atom. The smallest absolute Gasteiger partial charge is 0.255 e. The van der Waals surface area contributed by atoms with E-state index in [0.717, 1.165) is 0 Å². The molecule has 0 atom stereocenters. The number of carbonyl (C=O) groups excluding carboxylic acids is 1. The first-order chi connectivity index (χ1) is 9.94. The summed E-state index contributed by atoms with van der Waals surface area (Å²) in [5, 5.41) is 5.00. The van der Waals surface area contributed by atoms with Gasteiger partial charge < -0.3 is 15.8 Å². The number of amides is 1. The van der Waals surface area contributed by atoms with Gasteiger partial charge in [0.2, 0.25) is 0 Å². The van der Waals surface area contributed by atoms with Crippen LogP contribution in [0.25, 0.3) is 0 Å². The summed E-state index contributed by atoms with van der Waals surface area (Å²) in [5.74, 6) is 0.347. The van der Waals surface area contributed by atoms with Crippen molar-refractivity contribution >= 4 is 22.9 Å². The summed E-state index contributed by atoms with van der Waals surface area (Å²) in [6.45, 7) is 4.76. The Bertz CT molecular complexity index is 621. The highest BCUT2D eigenvalue weighted by Gasteiger charge is 2.23. The molecule has 4 nitrogen and oxygen atoms in total. The SMILES string of the molecule is COc1ccc(N)cc1C(=O)NCC(C)(C)c1cccs1. The molecule has 1 aromatic heterocycles. The first-order valence-corrected chi connectivity index (χ1v) is 7.58. The third-order valence-electron chi connectivity index (χ3n) is 3.35. The molecule has 0 aliphatic carbocycles. The quantitative estimate of drug-likeness (QED) is 0.835. The van der Waals surface area contributed by atoms with Gasteiger partial charge in [-0.05, 0) is 29.6 Å². The Balaban J connectivity index is 2.10. The molecular weight excluding hydrogens is 284 g/mol. The molecular formula is C16H20N2O2S. The zero-order valence-electron chi connectivity index (χ0n) is 12.5. The molecule has 0 aliphatic heterocycles. The van der Waals surface area contributed by atoms with E-state index in [0.29, 0.717) is 23.5 Å². The van der Waals surface area contributed by atoms with E-state index in [9.17, 15) is 4.79 Å². The van der Waals surface area contributed by atoms with Gasteiger partial charge in [0.1, 0.15) is 5.75 Å². The Morgan fingerprint density at radius 1 is 1.38 bits per heavy atom. The maximum atomic E-state index is 12.3. The predicted octanol–water partition coefficient (Wildman–Crippen LogP) is 3.05. The largest absolute Gasteiger partial charge is 0.496 e. The molecule has 1 amide bonds. The van der Waals surface area contributed by atoms with Gasteiger partial charge in [-0.1, -0.05) is 19.9 Å². The molecule has 112 valence electrons. The molecule has 0 unspecified atom stereocenters. The van der Waals surface area contributed by atoms with Crippen LogP contribution in [0, 0.1) is 0 Å². The number of nitrogens with two attached hydrogens (primary N) is 1. The molecule has 0 fully saturated rings. The zero-order chi connectivity index (χ0) is 15.5. The normalized spacial score (nSPS) is 11.2. The lowest BCUT2D eigenvalue weighted by molar-refractivity contribution is 0.0943. The summed E-state index contributed by atoms with van der Waals surface area (Å²) in [6.07, 6.45) is 0. The fourth-order valence-corrected chi connectivity index (χ4v) is 2.90. The second kappa shape index (κ2) is 6.18. The van der Waals surface area contributed by atoms with Gasteiger partial charge in [0.25, 0.3) is 5.91 Å². The van der Waals surface area contributed by atoms with Crippen molar-refractivity contribution in [2.24, 2.45) is 0 Å². The molecule has 0 radical (unpaired) electrons. The number of methoxy groups -OCH3 is 1. The van der Waals surface area contributed by atoms with Crippen LogP contribution in [0.15, 0.2) is 35.7 Å². The number of nitrogens with one attached hydrogen (secondary N) is 1. The minimum atomic E-state index is -0.177. The van der Waals surface area contributed by atoms with Crippen LogP contribution in [0.2, 0.25) is 0 Å². The Kier molecular flexibility index (Phi) is 4.53. The summed E-state index contributed by atoms with van der Waals surface area (Å²) in [5.41, 5.74) is 6.63. The van der Waals surface area contributed by atoms with Crippen molar-refractivity contribution < 1.29 is 9.53 Å². The number of rotatable bonds is 5. The monoisotopic (exact) mass is 304 g/mol.